The van der Waals surface area contributed by atoms with E-state index in [4.69, 9.17) is 0 Å². The van der Waals surface area contributed by atoms with E-state index in [2.05, 4.69) is 50.8 Å². The molecule has 3 heterocycles. The second kappa shape index (κ2) is 5.81. The summed E-state index contributed by atoms with van der Waals surface area (Å²) in [5.74, 6) is 0.808. The topological polar surface area (TPSA) is 55.6 Å². The van der Waals surface area contributed by atoms with Crippen LogP contribution in [0.5, 0.6) is 0 Å². The van der Waals surface area contributed by atoms with Crippen LogP contribution >= 0.6 is 11.3 Å². The van der Waals surface area contributed by atoms with Gasteiger partial charge in [0.15, 0.2) is 5.82 Å². The highest BCUT2D eigenvalue weighted by molar-refractivity contribution is 7.19. The molecule has 1 aromatic carbocycles. The van der Waals surface area contributed by atoms with Crippen molar-refractivity contribution >= 4 is 27.1 Å². The highest BCUT2D eigenvalue weighted by Crippen LogP contribution is 2.26. The minimum Gasteiger partial charge on any atom is -0.379 e. The van der Waals surface area contributed by atoms with E-state index < -0.39 is 0 Å². The molecule has 0 spiro atoms. The number of nitrogens with zero attached hydrogens (tertiary/aromatic N) is 4. The molecule has 4 aromatic rings. The molecular formula is C17H15N5S. The Morgan fingerprint density at radius 3 is 2.91 bits per heavy atom. The van der Waals surface area contributed by atoms with Gasteiger partial charge in [-0.3, -0.25) is 4.98 Å². The SMILES string of the molecule is Cn1cnnc1-c1cncc(NCc2cc3ccccc3s2)c1. The third-order valence-corrected chi connectivity index (χ3v) is 4.77. The number of thiophene rings is 1. The smallest absolute Gasteiger partial charge is 0.165 e. The Balaban J connectivity index is 1.54. The molecule has 0 bridgehead atoms. The van der Waals surface area contributed by atoms with Crippen molar-refractivity contribution in [3.8, 4) is 11.4 Å². The van der Waals surface area contributed by atoms with Gasteiger partial charge in [0.25, 0.3) is 0 Å². The Bertz CT molecular complexity index is 923. The molecule has 0 radical (unpaired) electrons. The molecule has 1 N–H and O–H groups in total. The van der Waals surface area contributed by atoms with E-state index in [1.54, 1.807) is 12.5 Å². The van der Waals surface area contributed by atoms with E-state index in [-0.39, 0.29) is 0 Å². The summed E-state index contributed by atoms with van der Waals surface area (Å²) in [7, 11) is 1.92. The summed E-state index contributed by atoms with van der Waals surface area (Å²) >= 11 is 1.81. The molecule has 0 atom stereocenters. The van der Waals surface area contributed by atoms with Crippen LogP contribution in [-0.4, -0.2) is 19.7 Å². The van der Waals surface area contributed by atoms with Gasteiger partial charge in [0.05, 0.1) is 5.69 Å². The Kier molecular flexibility index (Phi) is 3.51. The highest BCUT2D eigenvalue weighted by Gasteiger charge is 2.06. The van der Waals surface area contributed by atoms with Crippen molar-refractivity contribution in [3.05, 3.63) is 60.0 Å². The lowest BCUT2D eigenvalue weighted by atomic mass is 10.2. The monoisotopic (exact) mass is 321 g/mol. The number of nitrogens with one attached hydrogen (secondary N) is 1. The molecule has 0 aliphatic heterocycles. The molecule has 0 fully saturated rings. The molecule has 0 amide bonds. The molecule has 114 valence electrons. The number of aromatic nitrogens is 4. The van der Waals surface area contributed by atoms with E-state index in [1.165, 1.54) is 15.0 Å². The summed E-state index contributed by atoms with van der Waals surface area (Å²) in [6.07, 6.45) is 5.31. The first-order valence-corrected chi connectivity index (χ1v) is 8.12. The van der Waals surface area contributed by atoms with E-state index in [0.29, 0.717) is 0 Å². The maximum Gasteiger partial charge on any atom is 0.165 e. The number of hydrogen-bond donors (Lipinski definition) is 1. The number of hydrogen-bond acceptors (Lipinski definition) is 5. The van der Waals surface area contributed by atoms with Crippen LogP contribution in [0.1, 0.15) is 4.88 Å². The van der Waals surface area contributed by atoms with Gasteiger partial charge >= 0.3 is 0 Å². The molecule has 3 aromatic heterocycles. The van der Waals surface area contributed by atoms with Crippen molar-refractivity contribution in [2.24, 2.45) is 7.05 Å². The first-order chi connectivity index (χ1) is 11.3. The fourth-order valence-corrected chi connectivity index (χ4v) is 3.52. The first kappa shape index (κ1) is 13.9. The quantitative estimate of drug-likeness (QED) is 0.622. The van der Waals surface area contributed by atoms with Crippen molar-refractivity contribution < 1.29 is 0 Å². The Morgan fingerprint density at radius 1 is 1.17 bits per heavy atom. The largest absolute Gasteiger partial charge is 0.379 e. The summed E-state index contributed by atoms with van der Waals surface area (Å²) in [6, 6.07) is 12.7. The van der Waals surface area contributed by atoms with Crippen LogP contribution in [-0.2, 0) is 13.6 Å². The average Bonchev–Trinajstić information content (AvgIpc) is 3.18. The summed E-state index contributed by atoms with van der Waals surface area (Å²) in [6.45, 7) is 0.781. The zero-order chi connectivity index (χ0) is 15.6. The zero-order valence-electron chi connectivity index (χ0n) is 12.6. The van der Waals surface area contributed by atoms with Crippen molar-refractivity contribution in [1.29, 1.82) is 0 Å². The van der Waals surface area contributed by atoms with Gasteiger partial charge in [0.2, 0.25) is 0 Å². The summed E-state index contributed by atoms with van der Waals surface area (Å²) in [4.78, 5) is 5.60. The lowest BCUT2D eigenvalue weighted by Crippen LogP contribution is -1.99. The van der Waals surface area contributed by atoms with Crippen LogP contribution in [0.25, 0.3) is 21.5 Å². The van der Waals surface area contributed by atoms with Crippen LogP contribution in [0.15, 0.2) is 55.1 Å². The molecule has 23 heavy (non-hydrogen) atoms. The van der Waals surface area contributed by atoms with Gasteiger partial charge in [0.1, 0.15) is 6.33 Å². The fraction of sp³-hybridized carbons (Fsp3) is 0.118. The van der Waals surface area contributed by atoms with Gasteiger partial charge in [-0.2, -0.15) is 0 Å². The van der Waals surface area contributed by atoms with Crippen molar-refractivity contribution in [3.63, 3.8) is 0 Å². The van der Waals surface area contributed by atoms with E-state index >= 15 is 0 Å². The lowest BCUT2D eigenvalue weighted by molar-refractivity contribution is 0.918. The van der Waals surface area contributed by atoms with Gasteiger partial charge < -0.3 is 9.88 Å². The minimum atomic E-state index is 0.781. The molecule has 0 saturated heterocycles. The lowest BCUT2D eigenvalue weighted by Gasteiger charge is -2.06. The van der Waals surface area contributed by atoms with E-state index in [1.807, 2.05) is 35.2 Å². The Morgan fingerprint density at radius 2 is 2.09 bits per heavy atom. The number of rotatable bonds is 4. The highest BCUT2D eigenvalue weighted by atomic mass is 32.1. The van der Waals surface area contributed by atoms with Gasteiger partial charge in [0, 0.05) is 41.1 Å². The van der Waals surface area contributed by atoms with Gasteiger partial charge in [-0.25, -0.2) is 0 Å². The third-order valence-electron chi connectivity index (χ3n) is 3.65. The van der Waals surface area contributed by atoms with Gasteiger partial charge in [-0.15, -0.1) is 21.5 Å². The van der Waals surface area contributed by atoms with Crippen molar-refractivity contribution in [1.82, 2.24) is 19.7 Å². The Labute approximate surface area is 137 Å². The molecule has 0 aliphatic carbocycles. The predicted octanol–water partition coefficient (Wildman–Crippen LogP) is 3.70. The van der Waals surface area contributed by atoms with Crippen LogP contribution in [0.4, 0.5) is 5.69 Å². The molecule has 0 saturated carbocycles. The van der Waals surface area contributed by atoms with Crippen molar-refractivity contribution in [2.75, 3.05) is 5.32 Å². The van der Waals surface area contributed by atoms with Crippen LogP contribution < -0.4 is 5.32 Å². The summed E-state index contributed by atoms with van der Waals surface area (Å²) < 4.78 is 3.20. The minimum absolute atomic E-state index is 0.781. The number of pyridine rings is 1. The van der Waals surface area contributed by atoms with Gasteiger partial charge in [-0.1, -0.05) is 18.2 Å². The molecule has 0 aliphatic rings. The van der Waals surface area contributed by atoms with Crippen LogP contribution in [0, 0.1) is 0 Å². The third kappa shape index (κ3) is 2.80. The molecular weight excluding hydrogens is 306 g/mol. The Hall–Kier alpha value is -2.73. The normalized spacial score (nSPS) is 11.0. The molecule has 6 heteroatoms. The maximum absolute atomic E-state index is 4.30. The van der Waals surface area contributed by atoms with Gasteiger partial charge in [-0.05, 0) is 23.6 Å². The first-order valence-electron chi connectivity index (χ1n) is 7.30. The molecule has 4 rings (SSSR count). The summed E-state index contributed by atoms with van der Waals surface area (Å²) in [5, 5.41) is 12.8. The fourth-order valence-electron chi connectivity index (χ4n) is 2.52. The second-order valence-electron chi connectivity index (χ2n) is 5.33. The number of fused-ring (bicyclic) bond motifs is 1. The number of anilines is 1. The average molecular weight is 321 g/mol. The van der Waals surface area contributed by atoms with Crippen LogP contribution in [0.2, 0.25) is 0 Å². The molecule has 0 unspecified atom stereocenters. The van der Waals surface area contributed by atoms with Crippen LogP contribution in [0.3, 0.4) is 0 Å². The second-order valence-corrected chi connectivity index (χ2v) is 6.50. The molecule has 5 nitrogen and oxygen atoms in total. The number of aryl methyl sites for hydroxylation is 1. The predicted molar refractivity (Wildman–Crippen MR) is 93.4 cm³/mol. The van der Waals surface area contributed by atoms with E-state index in [9.17, 15) is 0 Å². The summed E-state index contributed by atoms with van der Waals surface area (Å²) in [5.41, 5.74) is 1.93. The maximum atomic E-state index is 4.30. The van der Waals surface area contributed by atoms with E-state index in [0.717, 1.165) is 23.6 Å². The zero-order valence-corrected chi connectivity index (χ0v) is 13.4. The van der Waals surface area contributed by atoms with Crippen molar-refractivity contribution in [2.45, 2.75) is 6.54 Å². The number of benzene rings is 1. The standard InChI is InChI=1S/C17H15N5S/c1-22-11-20-21-17(22)13-6-14(9-18-8-13)19-10-15-7-12-4-2-3-5-16(12)23-15/h2-9,11,19H,10H2,1H3.